The van der Waals surface area contributed by atoms with Gasteiger partial charge in [0.25, 0.3) is 0 Å². The lowest BCUT2D eigenvalue weighted by Crippen LogP contribution is -2.44. The molecule has 3 N–H and O–H groups in total. The van der Waals surface area contributed by atoms with Crippen molar-refractivity contribution in [3.63, 3.8) is 0 Å². The number of halogens is 1. The van der Waals surface area contributed by atoms with Gasteiger partial charge in [0.05, 0.1) is 12.6 Å². The van der Waals surface area contributed by atoms with Gasteiger partial charge < -0.3 is 15.7 Å². The maximum Gasteiger partial charge on any atom is 0.315 e. The van der Waals surface area contributed by atoms with E-state index in [9.17, 15) is 9.18 Å². The van der Waals surface area contributed by atoms with Gasteiger partial charge in [0.15, 0.2) is 0 Å². The van der Waals surface area contributed by atoms with E-state index in [2.05, 4.69) is 10.6 Å². The summed E-state index contributed by atoms with van der Waals surface area (Å²) in [6.07, 6.45) is 1.90. The highest BCUT2D eigenvalue weighted by molar-refractivity contribution is 5.74. The molecule has 1 aromatic carbocycles. The van der Waals surface area contributed by atoms with Crippen molar-refractivity contribution >= 4 is 6.03 Å². The first-order chi connectivity index (χ1) is 9.05. The maximum atomic E-state index is 13.2. The van der Waals surface area contributed by atoms with Gasteiger partial charge in [0, 0.05) is 12.0 Å². The summed E-state index contributed by atoms with van der Waals surface area (Å²) in [5.74, 6) is -0.248. The highest BCUT2D eigenvalue weighted by Gasteiger charge is 2.44. The lowest BCUT2D eigenvalue weighted by molar-refractivity contribution is 0.220. The molecule has 2 rings (SSSR count). The number of hydrogen-bond donors (Lipinski definition) is 3. The summed E-state index contributed by atoms with van der Waals surface area (Å²) in [4.78, 5) is 11.6. The number of urea groups is 1. The van der Waals surface area contributed by atoms with Gasteiger partial charge in [-0.1, -0.05) is 12.1 Å². The first-order valence-electron chi connectivity index (χ1n) is 6.47. The number of carbonyl (C=O) groups excluding carboxylic acids is 1. The van der Waals surface area contributed by atoms with Crippen molar-refractivity contribution in [2.45, 2.75) is 31.2 Å². The summed E-state index contributed by atoms with van der Waals surface area (Å²) in [6.45, 7) is 2.11. The van der Waals surface area contributed by atoms with E-state index in [1.165, 1.54) is 12.1 Å². The molecule has 1 aliphatic rings. The molecular formula is C14H19FN2O2. The standard InChI is InChI=1S/C14H19FN2O2/c1-10(8-18)17-13(19)16-9-14(5-6-14)11-3-2-4-12(15)7-11/h2-4,7,10,18H,5-6,8-9H2,1H3,(H2,16,17,19). The van der Waals surface area contributed by atoms with Crippen LogP contribution >= 0.6 is 0 Å². The number of rotatable bonds is 5. The Morgan fingerprint density at radius 1 is 1.53 bits per heavy atom. The second kappa shape index (κ2) is 5.57. The van der Waals surface area contributed by atoms with Gasteiger partial charge in [-0.25, -0.2) is 9.18 Å². The Labute approximate surface area is 112 Å². The lowest BCUT2D eigenvalue weighted by Gasteiger charge is -2.18. The van der Waals surface area contributed by atoms with E-state index in [0.717, 1.165) is 18.4 Å². The molecule has 19 heavy (non-hydrogen) atoms. The van der Waals surface area contributed by atoms with Crippen molar-refractivity contribution in [1.29, 1.82) is 0 Å². The Hall–Kier alpha value is -1.62. The smallest absolute Gasteiger partial charge is 0.315 e. The van der Waals surface area contributed by atoms with Crippen LogP contribution in [0.5, 0.6) is 0 Å². The minimum Gasteiger partial charge on any atom is -0.394 e. The van der Waals surface area contributed by atoms with E-state index in [1.54, 1.807) is 13.0 Å². The summed E-state index contributed by atoms with van der Waals surface area (Å²) in [7, 11) is 0. The zero-order valence-corrected chi connectivity index (χ0v) is 10.9. The highest BCUT2D eigenvalue weighted by atomic mass is 19.1. The quantitative estimate of drug-likeness (QED) is 0.757. The third-order valence-corrected chi connectivity index (χ3v) is 3.53. The van der Waals surface area contributed by atoms with Crippen LogP contribution in [0.25, 0.3) is 0 Å². The molecule has 1 unspecified atom stereocenters. The van der Waals surface area contributed by atoms with Crippen LogP contribution in [0.4, 0.5) is 9.18 Å². The zero-order chi connectivity index (χ0) is 13.9. The van der Waals surface area contributed by atoms with Gasteiger partial charge in [-0.2, -0.15) is 0 Å². The summed E-state index contributed by atoms with van der Waals surface area (Å²) in [6, 6.07) is 5.96. The van der Waals surface area contributed by atoms with E-state index >= 15 is 0 Å². The number of benzene rings is 1. The van der Waals surface area contributed by atoms with Crippen LogP contribution in [0.2, 0.25) is 0 Å². The topological polar surface area (TPSA) is 61.4 Å². The molecule has 1 aliphatic carbocycles. The number of aliphatic hydroxyl groups excluding tert-OH is 1. The third kappa shape index (κ3) is 3.44. The molecular weight excluding hydrogens is 247 g/mol. The van der Waals surface area contributed by atoms with Crippen LogP contribution in [-0.2, 0) is 5.41 Å². The molecule has 0 radical (unpaired) electrons. The predicted molar refractivity (Wildman–Crippen MR) is 70.4 cm³/mol. The Bertz CT molecular complexity index is 461. The predicted octanol–water partition coefficient (Wildman–Crippen LogP) is 1.54. The third-order valence-electron chi connectivity index (χ3n) is 3.53. The van der Waals surface area contributed by atoms with Crippen molar-refractivity contribution in [1.82, 2.24) is 10.6 Å². The van der Waals surface area contributed by atoms with Crippen molar-refractivity contribution in [2.24, 2.45) is 0 Å². The monoisotopic (exact) mass is 266 g/mol. The first kappa shape index (κ1) is 13.8. The average molecular weight is 266 g/mol. The van der Waals surface area contributed by atoms with Crippen LogP contribution in [0.1, 0.15) is 25.3 Å². The maximum absolute atomic E-state index is 13.2. The van der Waals surface area contributed by atoms with Crippen LogP contribution in [0, 0.1) is 5.82 Å². The molecule has 1 fully saturated rings. The normalized spacial score (nSPS) is 17.6. The molecule has 1 aromatic rings. The molecule has 1 atom stereocenters. The van der Waals surface area contributed by atoms with Gasteiger partial charge in [-0.15, -0.1) is 0 Å². The summed E-state index contributed by atoms with van der Waals surface area (Å²) < 4.78 is 13.2. The summed E-state index contributed by atoms with van der Waals surface area (Å²) in [5.41, 5.74) is 0.810. The molecule has 0 saturated heterocycles. The largest absolute Gasteiger partial charge is 0.394 e. The fourth-order valence-corrected chi connectivity index (χ4v) is 2.11. The molecule has 1 saturated carbocycles. The molecule has 0 aliphatic heterocycles. The van der Waals surface area contributed by atoms with Crippen LogP contribution in [-0.4, -0.2) is 30.3 Å². The number of hydrogen-bond acceptors (Lipinski definition) is 2. The van der Waals surface area contributed by atoms with E-state index < -0.39 is 0 Å². The Kier molecular flexibility index (Phi) is 4.04. The number of amides is 2. The van der Waals surface area contributed by atoms with E-state index in [4.69, 9.17) is 5.11 Å². The van der Waals surface area contributed by atoms with Gasteiger partial charge in [-0.3, -0.25) is 0 Å². The van der Waals surface area contributed by atoms with Crippen molar-refractivity contribution < 1.29 is 14.3 Å². The van der Waals surface area contributed by atoms with E-state index in [1.807, 2.05) is 6.07 Å². The van der Waals surface area contributed by atoms with E-state index in [0.29, 0.717) is 6.54 Å². The molecule has 0 spiro atoms. The van der Waals surface area contributed by atoms with Crippen molar-refractivity contribution in [3.05, 3.63) is 35.6 Å². The average Bonchev–Trinajstić information content (AvgIpc) is 3.17. The summed E-state index contributed by atoms with van der Waals surface area (Å²) >= 11 is 0. The summed E-state index contributed by atoms with van der Waals surface area (Å²) in [5, 5.41) is 14.3. The van der Waals surface area contributed by atoms with E-state index in [-0.39, 0.29) is 29.9 Å². The van der Waals surface area contributed by atoms with Crippen LogP contribution in [0.3, 0.4) is 0 Å². The second-order valence-electron chi connectivity index (χ2n) is 5.20. The minimum atomic E-state index is -0.302. The fourth-order valence-electron chi connectivity index (χ4n) is 2.11. The number of nitrogens with one attached hydrogen (secondary N) is 2. The highest BCUT2D eigenvalue weighted by Crippen LogP contribution is 2.47. The Balaban J connectivity index is 1.90. The van der Waals surface area contributed by atoms with Gasteiger partial charge in [0.1, 0.15) is 5.82 Å². The van der Waals surface area contributed by atoms with Gasteiger partial charge in [0.2, 0.25) is 0 Å². The molecule has 2 amide bonds. The van der Waals surface area contributed by atoms with Crippen LogP contribution in [0.15, 0.2) is 24.3 Å². The molecule has 0 heterocycles. The SMILES string of the molecule is CC(CO)NC(=O)NCC1(c2cccc(F)c2)CC1. The molecule has 104 valence electrons. The van der Waals surface area contributed by atoms with Crippen molar-refractivity contribution in [3.8, 4) is 0 Å². The molecule has 0 bridgehead atoms. The number of aliphatic hydroxyl groups is 1. The fraction of sp³-hybridized carbons (Fsp3) is 0.500. The van der Waals surface area contributed by atoms with Gasteiger partial charge >= 0.3 is 6.03 Å². The Morgan fingerprint density at radius 2 is 2.26 bits per heavy atom. The first-order valence-corrected chi connectivity index (χ1v) is 6.47. The minimum absolute atomic E-state index is 0.0948. The number of carbonyl (C=O) groups is 1. The molecule has 5 heteroatoms. The Morgan fingerprint density at radius 3 is 2.84 bits per heavy atom. The molecule has 0 aromatic heterocycles. The second-order valence-corrected chi connectivity index (χ2v) is 5.20. The molecule has 4 nitrogen and oxygen atoms in total. The van der Waals surface area contributed by atoms with Crippen molar-refractivity contribution in [2.75, 3.05) is 13.2 Å². The lowest BCUT2D eigenvalue weighted by atomic mass is 9.96. The van der Waals surface area contributed by atoms with Crippen LogP contribution < -0.4 is 10.6 Å². The van der Waals surface area contributed by atoms with Gasteiger partial charge in [-0.05, 0) is 37.5 Å². The zero-order valence-electron chi connectivity index (χ0n) is 10.9.